The number of carbonyl (C=O) groups excluding carboxylic acids is 2. The van der Waals surface area contributed by atoms with Crippen molar-refractivity contribution in [3.05, 3.63) is 11.1 Å². The summed E-state index contributed by atoms with van der Waals surface area (Å²) in [5.74, 6) is -1.72. The van der Waals surface area contributed by atoms with E-state index >= 15 is 0 Å². The van der Waals surface area contributed by atoms with E-state index in [9.17, 15) is 14.4 Å². The van der Waals surface area contributed by atoms with Gasteiger partial charge in [-0.2, -0.15) is 0 Å². The van der Waals surface area contributed by atoms with Gasteiger partial charge in [-0.1, -0.05) is 13.8 Å². The third kappa shape index (κ3) is 4.27. The van der Waals surface area contributed by atoms with Crippen LogP contribution in [0.5, 0.6) is 0 Å². The Morgan fingerprint density at radius 1 is 1.41 bits per heavy atom. The number of thiazole rings is 1. The zero-order chi connectivity index (χ0) is 17.1. The molecule has 1 heterocycles. The van der Waals surface area contributed by atoms with Gasteiger partial charge in [0.05, 0.1) is 12.1 Å². The van der Waals surface area contributed by atoms with Crippen LogP contribution in [-0.4, -0.2) is 45.4 Å². The highest BCUT2D eigenvalue weighted by Crippen LogP contribution is 2.19. The zero-order valence-corrected chi connectivity index (χ0v) is 14.2. The molecule has 0 aliphatic carbocycles. The first-order valence-corrected chi connectivity index (χ1v) is 7.69. The average Bonchev–Trinajstić information content (AvgIpc) is 2.84. The van der Waals surface area contributed by atoms with Crippen molar-refractivity contribution in [2.75, 3.05) is 12.4 Å². The SMILES string of the molecule is CC(C)C(=O)Nc1nc(CC(=O)N(C)C(C)(C)C(=O)O)cs1. The Bertz CT molecular complexity index is 580. The lowest BCUT2D eigenvalue weighted by molar-refractivity contribution is -0.155. The Morgan fingerprint density at radius 2 is 2.00 bits per heavy atom. The molecule has 0 unspecified atom stereocenters. The number of rotatable bonds is 6. The fourth-order valence-corrected chi connectivity index (χ4v) is 2.14. The Kier molecular flexibility index (Phi) is 5.65. The number of carbonyl (C=O) groups is 3. The van der Waals surface area contributed by atoms with Gasteiger partial charge in [-0.3, -0.25) is 9.59 Å². The summed E-state index contributed by atoms with van der Waals surface area (Å²) in [6.45, 7) is 6.47. The van der Waals surface area contributed by atoms with Gasteiger partial charge in [-0.25, -0.2) is 9.78 Å². The van der Waals surface area contributed by atoms with Gasteiger partial charge in [0, 0.05) is 18.3 Å². The van der Waals surface area contributed by atoms with E-state index in [-0.39, 0.29) is 24.2 Å². The molecule has 122 valence electrons. The van der Waals surface area contributed by atoms with Crippen LogP contribution in [0, 0.1) is 5.92 Å². The third-order valence-corrected chi connectivity index (χ3v) is 4.18. The van der Waals surface area contributed by atoms with Crippen LogP contribution in [0.2, 0.25) is 0 Å². The number of nitrogens with one attached hydrogen (secondary N) is 1. The number of aliphatic carboxylic acids is 1. The molecule has 22 heavy (non-hydrogen) atoms. The molecule has 2 N–H and O–H groups in total. The van der Waals surface area contributed by atoms with Crippen LogP contribution in [0.3, 0.4) is 0 Å². The van der Waals surface area contributed by atoms with Crippen molar-refractivity contribution in [1.82, 2.24) is 9.88 Å². The van der Waals surface area contributed by atoms with E-state index in [1.54, 1.807) is 19.2 Å². The second kappa shape index (κ2) is 6.87. The van der Waals surface area contributed by atoms with Gasteiger partial charge in [0.25, 0.3) is 0 Å². The Morgan fingerprint density at radius 3 is 2.50 bits per heavy atom. The molecular weight excluding hydrogens is 306 g/mol. The van der Waals surface area contributed by atoms with E-state index in [4.69, 9.17) is 5.11 Å². The topological polar surface area (TPSA) is 99.6 Å². The molecule has 0 aromatic carbocycles. The van der Waals surface area contributed by atoms with Crippen molar-refractivity contribution in [2.45, 2.75) is 39.7 Å². The maximum Gasteiger partial charge on any atom is 0.329 e. The first kappa shape index (κ1) is 18.1. The standard InChI is InChI=1S/C14H21N3O4S/c1-8(2)11(19)16-13-15-9(7-22-13)6-10(18)17(5)14(3,4)12(20)21/h7-8H,6H2,1-5H3,(H,20,21)(H,15,16,19). The molecule has 2 amide bonds. The quantitative estimate of drug-likeness (QED) is 0.827. The minimum atomic E-state index is -1.29. The molecule has 0 radical (unpaired) electrons. The highest BCUT2D eigenvalue weighted by atomic mass is 32.1. The lowest BCUT2D eigenvalue weighted by atomic mass is 10.0. The molecule has 0 aliphatic rings. The van der Waals surface area contributed by atoms with Gasteiger partial charge in [0.2, 0.25) is 11.8 Å². The number of nitrogens with zero attached hydrogens (tertiary/aromatic N) is 2. The lowest BCUT2D eigenvalue weighted by Gasteiger charge is -2.31. The second-order valence-corrected chi connectivity index (χ2v) is 6.64. The van der Waals surface area contributed by atoms with Gasteiger partial charge in [-0.15, -0.1) is 11.3 Å². The highest BCUT2D eigenvalue weighted by molar-refractivity contribution is 7.13. The molecule has 1 rings (SSSR count). The number of likely N-dealkylation sites (N-methyl/N-ethyl adjacent to an activating group) is 1. The first-order chi connectivity index (χ1) is 10.1. The van der Waals surface area contributed by atoms with Crippen molar-refractivity contribution in [1.29, 1.82) is 0 Å². The van der Waals surface area contributed by atoms with Crippen molar-refractivity contribution in [3.63, 3.8) is 0 Å². The van der Waals surface area contributed by atoms with Gasteiger partial charge in [-0.05, 0) is 13.8 Å². The third-order valence-electron chi connectivity index (χ3n) is 3.37. The summed E-state index contributed by atoms with van der Waals surface area (Å²) in [5, 5.41) is 13.9. The van der Waals surface area contributed by atoms with Crippen LogP contribution >= 0.6 is 11.3 Å². The first-order valence-electron chi connectivity index (χ1n) is 6.81. The van der Waals surface area contributed by atoms with Gasteiger partial charge >= 0.3 is 5.97 Å². The maximum absolute atomic E-state index is 12.1. The Hall–Kier alpha value is -1.96. The number of hydrogen-bond acceptors (Lipinski definition) is 5. The number of carboxylic acid groups (broad SMARTS) is 1. The van der Waals surface area contributed by atoms with Crippen molar-refractivity contribution >= 4 is 34.3 Å². The van der Waals surface area contributed by atoms with E-state index in [1.807, 2.05) is 0 Å². The molecule has 8 heteroatoms. The molecule has 0 aliphatic heterocycles. The summed E-state index contributed by atoms with van der Waals surface area (Å²) in [6, 6.07) is 0. The molecule has 0 bridgehead atoms. The van der Waals surface area contributed by atoms with Gasteiger partial charge in [0.15, 0.2) is 5.13 Å². The number of carboxylic acids is 1. The average molecular weight is 327 g/mol. The Labute approximate surface area is 133 Å². The summed E-state index contributed by atoms with van der Waals surface area (Å²) in [5.41, 5.74) is -0.788. The largest absolute Gasteiger partial charge is 0.480 e. The van der Waals surface area contributed by atoms with Gasteiger partial charge < -0.3 is 15.3 Å². The van der Waals surface area contributed by atoms with Crippen LogP contribution in [0.25, 0.3) is 0 Å². The molecule has 7 nitrogen and oxygen atoms in total. The molecule has 0 fully saturated rings. The predicted octanol–water partition coefficient (Wildman–Crippen LogP) is 1.60. The maximum atomic E-state index is 12.1. The zero-order valence-electron chi connectivity index (χ0n) is 13.3. The Balaban J connectivity index is 2.72. The normalized spacial score (nSPS) is 11.4. The molecule has 0 saturated carbocycles. The molecule has 0 spiro atoms. The molecule has 1 aromatic rings. The van der Waals surface area contributed by atoms with Crippen molar-refractivity contribution < 1.29 is 19.5 Å². The number of anilines is 1. The molecular formula is C14H21N3O4S. The van der Waals surface area contributed by atoms with Crippen molar-refractivity contribution in [2.24, 2.45) is 5.92 Å². The molecule has 0 saturated heterocycles. The monoisotopic (exact) mass is 327 g/mol. The summed E-state index contributed by atoms with van der Waals surface area (Å²) in [6.07, 6.45) is -0.0126. The minimum absolute atomic E-state index is 0.0126. The predicted molar refractivity (Wildman–Crippen MR) is 83.8 cm³/mol. The smallest absolute Gasteiger partial charge is 0.329 e. The lowest BCUT2D eigenvalue weighted by Crippen LogP contribution is -2.51. The number of amides is 2. The summed E-state index contributed by atoms with van der Waals surface area (Å²) in [4.78, 5) is 40.2. The fraction of sp³-hybridized carbons (Fsp3) is 0.571. The van der Waals surface area contributed by atoms with E-state index < -0.39 is 11.5 Å². The summed E-state index contributed by atoms with van der Waals surface area (Å²) in [7, 11) is 1.45. The van der Waals surface area contributed by atoms with E-state index in [0.717, 1.165) is 0 Å². The highest BCUT2D eigenvalue weighted by Gasteiger charge is 2.35. The molecule has 1 aromatic heterocycles. The summed E-state index contributed by atoms with van der Waals surface area (Å²) < 4.78 is 0. The fourth-order valence-electron chi connectivity index (χ4n) is 1.42. The summed E-state index contributed by atoms with van der Waals surface area (Å²) >= 11 is 1.23. The van der Waals surface area contributed by atoms with E-state index in [0.29, 0.717) is 10.8 Å². The number of aromatic nitrogens is 1. The van der Waals surface area contributed by atoms with E-state index in [1.165, 1.54) is 37.1 Å². The van der Waals surface area contributed by atoms with Crippen LogP contribution in [0.4, 0.5) is 5.13 Å². The van der Waals surface area contributed by atoms with Crippen LogP contribution in [0.1, 0.15) is 33.4 Å². The number of hydrogen-bond donors (Lipinski definition) is 2. The van der Waals surface area contributed by atoms with E-state index in [2.05, 4.69) is 10.3 Å². The van der Waals surface area contributed by atoms with Crippen LogP contribution < -0.4 is 5.32 Å². The van der Waals surface area contributed by atoms with Crippen molar-refractivity contribution in [3.8, 4) is 0 Å². The minimum Gasteiger partial charge on any atom is -0.480 e. The van der Waals surface area contributed by atoms with Crippen LogP contribution in [0.15, 0.2) is 5.38 Å². The van der Waals surface area contributed by atoms with Crippen LogP contribution in [-0.2, 0) is 20.8 Å². The van der Waals surface area contributed by atoms with Gasteiger partial charge in [0.1, 0.15) is 5.54 Å². The molecule has 0 atom stereocenters. The second-order valence-electron chi connectivity index (χ2n) is 5.78.